The minimum atomic E-state index is -0.395. The highest BCUT2D eigenvalue weighted by molar-refractivity contribution is 9.10. The molecule has 2 rings (SSSR count). The second-order valence-electron chi connectivity index (χ2n) is 4.62. The molecule has 0 heterocycles. The lowest BCUT2D eigenvalue weighted by Gasteiger charge is -2.07. The number of benzene rings is 2. The number of hydrogen-bond donors (Lipinski definition) is 1. The normalized spacial score (nSPS) is 10.5. The summed E-state index contributed by atoms with van der Waals surface area (Å²) in [6, 6.07) is 13.2. The van der Waals surface area contributed by atoms with Crippen LogP contribution in [0.4, 0.5) is 5.69 Å². The van der Waals surface area contributed by atoms with Crippen molar-refractivity contribution in [2.45, 2.75) is 20.0 Å². The van der Waals surface area contributed by atoms with Crippen LogP contribution in [-0.2, 0) is 13.1 Å². The largest absolute Gasteiger partial charge is 0.309 e. The molecule has 0 unspecified atom stereocenters. The molecule has 0 atom stereocenters. The van der Waals surface area contributed by atoms with Crippen molar-refractivity contribution in [1.82, 2.24) is 5.32 Å². The molecule has 2 aromatic carbocycles. The van der Waals surface area contributed by atoms with Gasteiger partial charge >= 0.3 is 0 Å². The molecule has 0 aromatic heterocycles. The highest BCUT2D eigenvalue weighted by Crippen LogP contribution is 2.22. The number of halogens is 1. The van der Waals surface area contributed by atoms with E-state index in [1.54, 1.807) is 6.07 Å². The average Bonchev–Trinajstić information content (AvgIpc) is 2.42. The summed E-state index contributed by atoms with van der Waals surface area (Å²) in [6.45, 7) is 3.49. The standard InChI is InChI=1S/C15H15BrN2O2/c1-11-2-4-12(5-3-11)9-17-10-13-6-7-14(18(19)20)8-15(13)16/h2-8,17H,9-10H2,1H3. The quantitative estimate of drug-likeness (QED) is 0.665. The van der Waals surface area contributed by atoms with E-state index < -0.39 is 4.92 Å². The molecule has 0 aliphatic carbocycles. The van der Waals surface area contributed by atoms with Crippen molar-refractivity contribution < 1.29 is 4.92 Å². The Labute approximate surface area is 126 Å². The minimum absolute atomic E-state index is 0.0964. The van der Waals surface area contributed by atoms with Gasteiger partial charge in [-0.25, -0.2) is 0 Å². The van der Waals surface area contributed by atoms with Crippen molar-refractivity contribution in [3.05, 3.63) is 73.7 Å². The van der Waals surface area contributed by atoms with Gasteiger partial charge in [0.1, 0.15) is 0 Å². The topological polar surface area (TPSA) is 55.2 Å². The molecule has 0 radical (unpaired) electrons. The second-order valence-corrected chi connectivity index (χ2v) is 5.48. The van der Waals surface area contributed by atoms with E-state index in [-0.39, 0.29) is 5.69 Å². The number of rotatable bonds is 5. The van der Waals surface area contributed by atoms with Crippen LogP contribution >= 0.6 is 15.9 Å². The van der Waals surface area contributed by atoms with Crippen LogP contribution in [0.5, 0.6) is 0 Å². The summed E-state index contributed by atoms with van der Waals surface area (Å²) in [4.78, 5) is 10.3. The fraction of sp³-hybridized carbons (Fsp3) is 0.200. The second kappa shape index (κ2) is 6.63. The lowest BCUT2D eigenvalue weighted by Crippen LogP contribution is -2.13. The number of nitro benzene ring substituents is 1. The molecule has 0 amide bonds. The first-order chi connectivity index (χ1) is 9.56. The van der Waals surface area contributed by atoms with Crippen molar-refractivity contribution >= 4 is 21.6 Å². The van der Waals surface area contributed by atoms with Gasteiger partial charge in [-0.2, -0.15) is 0 Å². The predicted molar refractivity (Wildman–Crippen MR) is 82.5 cm³/mol. The van der Waals surface area contributed by atoms with Crippen molar-refractivity contribution in [3.8, 4) is 0 Å². The average molecular weight is 335 g/mol. The molecule has 0 bridgehead atoms. The zero-order valence-corrected chi connectivity index (χ0v) is 12.7. The van der Waals surface area contributed by atoms with Crippen LogP contribution in [0.2, 0.25) is 0 Å². The van der Waals surface area contributed by atoms with Crippen LogP contribution < -0.4 is 5.32 Å². The Bertz CT molecular complexity index is 612. The number of nitrogens with one attached hydrogen (secondary N) is 1. The molecule has 0 aliphatic heterocycles. The van der Waals surface area contributed by atoms with Gasteiger partial charge in [-0.05, 0) is 24.1 Å². The summed E-state index contributed by atoms with van der Waals surface area (Å²) in [7, 11) is 0. The first-order valence-corrected chi connectivity index (χ1v) is 7.04. The van der Waals surface area contributed by atoms with E-state index in [0.29, 0.717) is 6.54 Å². The Hall–Kier alpha value is -1.72. The molecule has 0 spiro atoms. The van der Waals surface area contributed by atoms with E-state index >= 15 is 0 Å². The monoisotopic (exact) mass is 334 g/mol. The number of non-ortho nitro benzene ring substituents is 1. The van der Waals surface area contributed by atoms with Gasteiger partial charge in [-0.3, -0.25) is 10.1 Å². The maximum absolute atomic E-state index is 10.7. The SMILES string of the molecule is Cc1ccc(CNCc2ccc([N+](=O)[O-])cc2Br)cc1. The molecular formula is C15H15BrN2O2. The summed E-state index contributed by atoms with van der Waals surface area (Å²) in [5.74, 6) is 0. The highest BCUT2D eigenvalue weighted by atomic mass is 79.9. The maximum atomic E-state index is 10.7. The summed E-state index contributed by atoms with van der Waals surface area (Å²) < 4.78 is 0.753. The molecule has 104 valence electrons. The van der Waals surface area contributed by atoms with E-state index in [1.807, 2.05) is 0 Å². The molecule has 4 nitrogen and oxygen atoms in total. The van der Waals surface area contributed by atoms with Crippen LogP contribution in [0, 0.1) is 17.0 Å². The molecule has 2 aromatic rings. The fourth-order valence-electron chi connectivity index (χ4n) is 1.84. The van der Waals surface area contributed by atoms with E-state index in [1.165, 1.54) is 23.3 Å². The van der Waals surface area contributed by atoms with Gasteiger partial charge < -0.3 is 5.32 Å². The van der Waals surface area contributed by atoms with Gasteiger partial charge in [-0.15, -0.1) is 0 Å². The van der Waals surface area contributed by atoms with Gasteiger partial charge in [0.05, 0.1) is 4.92 Å². The van der Waals surface area contributed by atoms with E-state index in [4.69, 9.17) is 0 Å². The first kappa shape index (κ1) is 14.7. The summed E-state index contributed by atoms with van der Waals surface area (Å²) in [6.07, 6.45) is 0. The van der Waals surface area contributed by atoms with E-state index in [0.717, 1.165) is 16.6 Å². The van der Waals surface area contributed by atoms with Gasteiger partial charge in [0.2, 0.25) is 0 Å². The van der Waals surface area contributed by atoms with Crippen LogP contribution in [0.3, 0.4) is 0 Å². The van der Waals surface area contributed by atoms with Crippen LogP contribution in [0.15, 0.2) is 46.9 Å². The highest BCUT2D eigenvalue weighted by Gasteiger charge is 2.08. The molecule has 0 saturated heterocycles. The zero-order chi connectivity index (χ0) is 14.5. The molecule has 5 heteroatoms. The predicted octanol–water partition coefficient (Wildman–Crippen LogP) is 3.96. The third-order valence-electron chi connectivity index (χ3n) is 3.01. The van der Waals surface area contributed by atoms with Crippen molar-refractivity contribution in [2.75, 3.05) is 0 Å². The maximum Gasteiger partial charge on any atom is 0.270 e. The van der Waals surface area contributed by atoms with Crippen LogP contribution in [0.25, 0.3) is 0 Å². The smallest absolute Gasteiger partial charge is 0.270 e. The van der Waals surface area contributed by atoms with E-state index in [2.05, 4.69) is 52.4 Å². The Kier molecular flexibility index (Phi) is 4.87. The molecule has 0 saturated carbocycles. The zero-order valence-electron chi connectivity index (χ0n) is 11.1. The van der Waals surface area contributed by atoms with Gasteiger partial charge in [-0.1, -0.05) is 45.8 Å². The van der Waals surface area contributed by atoms with Crippen molar-refractivity contribution in [1.29, 1.82) is 0 Å². The summed E-state index contributed by atoms with van der Waals surface area (Å²) in [5.41, 5.74) is 3.56. The van der Waals surface area contributed by atoms with Gasteiger partial charge in [0.15, 0.2) is 0 Å². The number of nitrogens with zero attached hydrogens (tertiary/aromatic N) is 1. The molecule has 0 fully saturated rings. The van der Waals surface area contributed by atoms with Gasteiger partial charge in [0, 0.05) is 29.7 Å². The molecule has 20 heavy (non-hydrogen) atoms. The Morgan fingerprint density at radius 1 is 1.15 bits per heavy atom. The third-order valence-corrected chi connectivity index (χ3v) is 3.75. The summed E-state index contributed by atoms with van der Waals surface area (Å²) in [5, 5.41) is 14.0. The number of aryl methyl sites for hydroxylation is 1. The van der Waals surface area contributed by atoms with E-state index in [9.17, 15) is 10.1 Å². The summed E-state index contributed by atoms with van der Waals surface area (Å²) >= 11 is 3.37. The number of hydrogen-bond acceptors (Lipinski definition) is 3. The minimum Gasteiger partial charge on any atom is -0.309 e. The molecular weight excluding hydrogens is 320 g/mol. The van der Waals surface area contributed by atoms with Gasteiger partial charge in [0.25, 0.3) is 5.69 Å². The lowest BCUT2D eigenvalue weighted by molar-refractivity contribution is -0.384. The first-order valence-electron chi connectivity index (χ1n) is 6.25. The molecule has 0 aliphatic rings. The lowest BCUT2D eigenvalue weighted by atomic mass is 10.1. The Balaban J connectivity index is 1.94. The third kappa shape index (κ3) is 3.88. The van der Waals surface area contributed by atoms with Crippen LogP contribution in [0.1, 0.15) is 16.7 Å². The van der Waals surface area contributed by atoms with Crippen molar-refractivity contribution in [3.63, 3.8) is 0 Å². The number of nitro groups is 1. The Morgan fingerprint density at radius 2 is 1.85 bits per heavy atom. The van der Waals surface area contributed by atoms with Crippen LogP contribution in [-0.4, -0.2) is 4.92 Å². The van der Waals surface area contributed by atoms with Crippen molar-refractivity contribution in [2.24, 2.45) is 0 Å². The molecule has 1 N–H and O–H groups in total. The fourth-order valence-corrected chi connectivity index (χ4v) is 2.35. The Morgan fingerprint density at radius 3 is 2.45 bits per heavy atom.